The molecule has 3 atom stereocenters. The van der Waals surface area contributed by atoms with Gasteiger partial charge in [0.2, 0.25) is 0 Å². The Morgan fingerprint density at radius 1 is 1.19 bits per heavy atom. The van der Waals surface area contributed by atoms with Crippen LogP contribution in [0.3, 0.4) is 0 Å². The van der Waals surface area contributed by atoms with Crippen molar-refractivity contribution in [3.63, 3.8) is 0 Å². The van der Waals surface area contributed by atoms with Gasteiger partial charge in [0.15, 0.2) is 0 Å². The van der Waals surface area contributed by atoms with E-state index in [0.29, 0.717) is 10.8 Å². The van der Waals surface area contributed by atoms with E-state index < -0.39 is 0 Å². The Labute approximate surface area is 134 Å². The van der Waals surface area contributed by atoms with Crippen LogP contribution in [0.15, 0.2) is 24.3 Å². The molecule has 0 radical (unpaired) electrons. The van der Waals surface area contributed by atoms with Crippen molar-refractivity contribution in [2.24, 2.45) is 28.6 Å². The second kappa shape index (κ2) is 7.16. The lowest BCUT2D eigenvalue weighted by Gasteiger charge is -2.52. The van der Waals surface area contributed by atoms with Crippen molar-refractivity contribution in [3.8, 4) is 0 Å². The minimum Gasteiger partial charge on any atom is -0.103 e. The Bertz CT molecular complexity index is 369. The van der Waals surface area contributed by atoms with Crippen molar-refractivity contribution in [2.45, 2.75) is 80.6 Å². The lowest BCUT2D eigenvalue weighted by atomic mass is 9.53. The molecule has 0 aromatic rings. The van der Waals surface area contributed by atoms with E-state index in [1.165, 1.54) is 25.7 Å². The summed E-state index contributed by atoms with van der Waals surface area (Å²) in [6.07, 6.45) is 10.7. The standard InChI is InChI=1S/C21H38/c1-9-11-12-13-18(10-2)20(5,6)15-21(7,8)19-14-16(3)17(19)4/h9-10,16-17,19H,1,11-15H2,2-8H3. The van der Waals surface area contributed by atoms with Crippen LogP contribution < -0.4 is 0 Å². The Kier molecular flexibility index (Phi) is 6.32. The number of rotatable bonds is 8. The van der Waals surface area contributed by atoms with Gasteiger partial charge in [0.05, 0.1) is 0 Å². The van der Waals surface area contributed by atoms with Crippen LogP contribution in [-0.2, 0) is 0 Å². The number of allylic oxidation sites excluding steroid dienone is 3. The molecule has 1 fully saturated rings. The first kappa shape index (κ1) is 18.5. The molecule has 0 spiro atoms. The number of unbranched alkanes of at least 4 members (excludes halogenated alkanes) is 1. The van der Waals surface area contributed by atoms with Crippen molar-refractivity contribution in [3.05, 3.63) is 24.3 Å². The van der Waals surface area contributed by atoms with E-state index in [9.17, 15) is 0 Å². The van der Waals surface area contributed by atoms with Crippen LogP contribution in [0, 0.1) is 28.6 Å². The number of hydrogen-bond donors (Lipinski definition) is 0. The molecule has 0 nitrogen and oxygen atoms in total. The molecule has 1 saturated carbocycles. The van der Waals surface area contributed by atoms with Crippen LogP contribution >= 0.6 is 0 Å². The first-order chi connectivity index (χ1) is 9.65. The molecular formula is C21H38. The van der Waals surface area contributed by atoms with Gasteiger partial charge in [-0.25, -0.2) is 0 Å². The normalized spacial score (nSPS) is 27.4. The zero-order valence-electron chi connectivity index (χ0n) is 15.6. The lowest BCUT2D eigenvalue weighted by molar-refractivity contribution is -0.0203. The second-order valence-electron chi connectivity index (χ2n) is 8.72. The summed E-state index contributed by atoms with van der Waals surface area (Å²) in [5.41, 5.74) is 2.40. The van der Waals surface area contributed by atoms with Gasteiger partial charge in [-0.1, -0.05) is 59.3 Å². The molecule has 3 unspecified atom stereocenters. The molecule has 1 aliphatic carbocycles. The molecule has 0 N–H and O–H groups in total. The summed E-state index contributed by atoms with van der Waals surface area (Å²) in [6.45, 7) is 20.8. The largest absolute Gasteiger partial charge is 0.103 e. The third-order valence-electron chi connectivity index (χ3n) is 6.13. The van der Waals surface area contributed by atoms with E-state index in [-0.39, 0.29) is 0 Å². The molecule has 21 heavy (non-hydrogen) atoms. The molecule has 122 valence electrons. The fourth-order valence-corrected chi connectivity index (χ4v) is 4.76. The minimum absolute atomic E-state index is 0.317. The van der Waals surface area contributed by atoms with Crippen molar-refractivity contribution in [2.75, 3.05) is 0 Å². The SMILES string of the molecule is C=CCCCC(=CC)C(C)(C)CC(C)(C)C1CC(C)C1C. The molecular weight excluding hydrogens is 252 g/mol. The highest BCUT2D eigenvalue weighted by atomic mass is 14.5. The van der Waals surface area contributed by atoms with Crippen LogP contribution in [0.5, 0.6) is 0 Å². The molecule has 0 aromatic heterocycles. The quantitative estimate of drug-likeness (QED) is 0.333. The minimum atomic E-state index is 0.317. The fourth-order valence-electron chi connectivity index (χ4n) is 4.76. The maximum atomic E-state index is 3.84. The summed E-state index contributed by atoms with van der Waals surface area (Å²) >= 11 is 0. The van der Waals surface area contributed by atoms with E-state index in [1.54, 1.807) is 5.57 Å². The maximum Gasteiger partial charge on any atom is -0.0140 e. The summed E-state index contributed by atoms with van der Waals surface area (Å²) in [4.78, 5) is 0. The smallest absolute Gasteiger partial charge is 0.0140 e. The third kappa shape index (κ3) is 4.47. The molecule has 1 rings (SSSR count). The zero-order chi connectivity index (χ0) is 16.3. The highest BCUT2D eigenvalue weighted by Gasteiger charge is 2.46. The summed E-state index contributed by atoms with van der Waals surface area (Å²) in [6, 6.07) is 0. The van der Waals surface area contributed by atoms with Crippen molar-refractivity contribution in [1.82, 2.24) is 0 Å². The van der Waals surface area contributed by atoms with Gasteiger partial charge in [-0.3, -0.25) is 0 Å². The van der Waals surface area contributed by atoms with E-state index in [0.717, 1.165) is 24.2 Å². The van der Waals surface area contributed by atoms with Crippen LogP contribution in [0.2, 0.25) is 0 Å². The monoisotopic (exact) mass is 290 g/mol. The van der Waals surface area contributed by atoms with Gasteiger partial charge in [-0.15, -0.1) is 6.58 Å². The zero-order valence-corrected chi connectivity index (χ0v) is 15.6. The van der Waals surface area contributed by atoms with E-state index in [4.69, 9.17) is 0 Å². The molecule has 0 aliphatic heterocycles. The predicted molar refractivity (Wildman–Crippen MR) is 96.4 cm³/mol. The van der Waals surface area contributed by atoms with Crippen LogP contribution in [0.25, 0.3) is 0 Å². The summed E-state index contributed by atoms with van der Waals surface area (Å²) in [5.74, 6) is 2.72. The third-order valence-corrected chi connectivity index (χ3v) is 6.13. The van der Waals surface area contributed by atoms with Crippen LogP contribution in [0.1, 0.15) is 80.6 Å². The van der Waals surface area contributed by atoms with Crippen LogP contribution in [0.4, 0.5) is 0 Å². The van der Waals surface area contributed by atoms with Crippen LogP contribution in [-0.4, -0.2) is 0 Å². The molecule has 1 aliphatic rings. The van der Waals surface area contributed by atoms with Gasteiger partial charge in [0, 0.05) is 0 Å². The maximum absolute atomic E-state index is 3.84. The number of hydrogen-bond acceptors (Lipinski definition) is 0. The lowest BCUT2D eigenvalue weighted by Crippen LogP contribution is -2.44. The highest BCUT2D eigenvalue weighted by molar-refractivity contribution is 5.13. The second-order valence-corrected chi connectivity index (χ2v) is 8.72. The average Bonchev–Trinajstić information content (AvgIpc) is 2.38. The highest BCUT2D eigenvalue weighted by Crippen LogP contribution is 2.54. The van der Waals surface area contributed by atoms with Crippen molar-refractivity contribution < 1.29 is 0 Å². The first-order valence-corrected chi connectivity index (χ1v) is 8.92. The molecule has 0 heterocycles. The van der Waals surface area contributed by atoms with Gasteiger partial charge in [0.1, 0.15) is 0 Å². The summed E-state index contributed by atoms with van der Waals surface area (Å²) in [5, 5.41) is 0. The van der Waals surface area contributed by atoms with Gasteiger partial charge < -0.3 is 0 Å². The van der Waals surface area contributed by atoms with E-state index in [1.807, 2.05) is 6.08 Å². The Hall–Kier alpha value is -0.520. The van der Waals surface area contributed by atoms with Gasteiger partial charge in [0.25, 0.3) is 0 Å². The average molecular weight is 291 g/mol. The van der Waals surface area contributed by atoms with Crippen molar-refractivity contribution in [1.29, 1.82) is 0 Å². The summed E-state index contributed by atoms with van der Waals surface area (Å²) in [7, 11) is 0. The molecule has 0 bridgehead atoms. The van der Waals surface area contributed by atoms with E-state index >= 15 is 0 Å². The Balaban J connectivity index is 2.70. The fraction of sp³-hybridized carbons (Fsp3) is 0.810. The van der Waals surface area contributed by atoms with Gasteiger partial charge in [-0.2, -0.15) is 0 Å². The van der Waals surface area contributed by atoms with E-state index in [2.05, 4.69) is 61.1 Å². The summed E-state index contributed by atoms with van der Waals surface area (Å²) < 4.78 is 0. The van der Waals surface area contributed by atoms with Crippen molar-refractivity contribution >= 4 is 0 Å². The Morgan fingerprint density at radius 2 is 1.81 bits per heavy atom. The molecule has 0 saturated heterocycles. The Morgan fingerprint density at radius 3 is 2.24 bits per heavy atom. The molecule has 0 amide bonds. The topological polar surface area (TPSA) is 0 Å². The molecule has 0 aromatic carbocycles. The van der Waals surface area contributed by atoms with Gasteiger partial charge in [-0.05, 0) is 67.6 Å². The van der Waals surface area contributed by atoms with Gasteiger partial charge >= 0.3 is 0 Å². The predicted octanol–water partition coefficient (Wildman–Crippen LogP) is 7.02. The molecule has 0 heteroatoms. The first-order valence-electron chi connectivity index (χ1n) is 8.92.